The SMILES string of the molecule is CCC(=O)N(CC[C@@]1(Cc2ccccc2)CCOC(C)(C)C1)Cc1ccc(OC)cc1. The Labute approximate surface area is 187 Å². The van der Waals surface area contributed by atoms with E-state index in [4.69, 9.17) is 9.47 Å². The second-order valence-electron chi connectivity index (χ2n) is 9.46. The molecule has 1 fully saturated rings. The lowest BCUT2D eigenvalue weighted by Crippen LogP contribution is -2.44. The molecule has 0 radical (unpaired) electrons. The summed E-state index contributed by atoms with van der Waals surface area (Å²) in [5, 5.41) is 0. The van der Waals surface area contributed by atoms with E-state index in [2.05, 4.69) is 44.2 Å². The standard InChI is InChI=1S/C27H37NO3/c1-5-25(29)28(20-23-11-13-24(30-4)14-12-23)17-15-27(16-18-31-26(2,3)21-27)19-22-9-7-6-8-10-22/h6-14H,5,15-21H2,1-4H3/t27-/m0/s1. The number of benzene rings is 2. The average Bonchev–Trinajstić information content (AvgIpc) is 2.76. The highest BCUT2D eigenvalue weighted by Crippen LogP contribution is 2.44. The summed E-state index contributed by atoms with van der Waals surface area (Å²) in [4.78, 5) is 14.8. The van der Waals surface area contributed by atoms with Crippen LogP contribution in [-0.4, -0.2) is 36.7 Å². The molecule has 0 N–H and O–H groups in total. The molecule has 31 heavy (non-hydrogen) atoms. The topological polar surface area (TPSA) is 38.8 Å². The van der Waals surface area contributed by atoms with E-state index in [1.807, 2.05) is 36.1 Å². The predicted molar refractivity (Wildman–Crippen MR) is 125 cm³/mol. The van der Waals surface area contributed by atoms with Gasteiger partial charge in [-0.25, -0.2) is 0 Å². The highest BCUT2D eigenvalue weighted by atomic mass is 16.5. The van der Waals surface area contributed by atoms with Crippen LogP contribution in [0.1, 0.15) is 57.6 Å². The molecule has 1 aliphatic rings. The minimum absolute atomic E-state index is 0.134. The van der Waals surface area contributed by atoms with Crippen molar-refractivity contribution in [3.8, 4) is 5.75 Å². The maximum atomic E-state index is 12.8. The molecule has 168 valence electrons. The Morgan fingerprint density at radius 1 is 1.06 bits per heavy atom. The van der Waals surface area contributed by atoms with E-state index in [1.54, 1.807) is 7.11 Å². The van der Waals surface area contributed by atoms with Gasteiger partial charge in [0.1, 0.15) is 5.75 Å². The van der Waals surface area contributed by atoms with Crippen LogP contribution in [-0.2, 0) is 22.5 Å². The van der Waals surface area contributed by atoms with Crippen LogP contribution in [0, 0.1) is 5.41 Å². The van der Waals surface area contributed by atoms with E-state index in [-0.39, 0.29) is 16.9 Å². The molecule has 4 nitrogen and oxygen atoms in total. The number of carbonyl (C=O) groups is 1. The Hall–Kier alpha value is -2.33. The summed E-state index contributed by atoms with van der Waals surface area (Å²) < 4.78 is 11.3. The Kier molecular flexibility index (Phi) is 7.77. The molecular formula is C27H37NO3. The van der Waals surface area contributed by atoms with Crippen LogP contribution in [0.3, 0.4) is 0 Å². The predicted octanol–water partition coefficient (Wildman–Crippen LogP) is 5.64. The van der Waals surface area contributed by atoms with Gasteiger partial charge in [-0.05, 0) is 68.2 Å². The fourth-order valence-electron chi connectivity index (χ4n) is 4.91. The van der Waals surface area contributed by atoms with E-state index >= 15 is 0 Å². The quantitative estimate of drug-likeness (QED) is 0.524. The summed E-state index contributed by atoms with van der Waals surface area (Å²) in [6.45, 7) is 8.51. The van der Waals surface area contributed by atoms with Crippen molar-refractivity contribution in [2.75, 3.05) is 20.3 Å². The number of ether oxygens (including phenoxy) is 2. The minimum atomic E-state index is -0.136. The van der Waals surface area contributed by atoms with Gasteiger partial charge >= 0.3 is 0 Å². The third-order valence-corrected chi connectivity index (χ3v) is 6.45. The monoisotopic (exact) mass is 423 g/mol. The normalized spacial score (nSPS) is 20.3. The Morgan fingerprint density at radius 2 is 1.77 bits per heavy atom. The smallest absolute Gasteiger partial charge is 0.222 e. The van der Waals surface area contributed by atoms with E-state index in [9.17, 15) is 4.79 Å². The molecule has 3 rings (SSSR count). The number of carbonyl (C=O) groups excluding carboxylic acids is 1. The van der Waals surface area contributed by atoms with Crippen molar-refractivity contribution < 1.29 is 14.3 Å². The van der Waals surface area contributed by atoms with E-state index in [0.717, 1.165) is 50.1 Å². The largest absolute Gasteiger partial charge is 0.497 e. The molecule has 1 aliphatic heterocycles. The van der Waals surface area contributed by atoms with Gasteiger partial charge in [0, 0.05) is 26.1 Å². The zero-order valence-electron chi connectivity index (χ0n) is 19.5. The number of hydrogen-bond acceptors (Lipinski definition) is 3. The second kappa shape index (κ2) is 10.3. The van der Waals surface area contributed by atoms with Crippen molar-refractivity contribution >= 4 is 5.91 Å². The van der Waals surface area contributed by atoms with Crippen LogP contribution in [0.5, 0.6) is 5.75 Å². The molecule has 2 aromatic rings. The first-order chi connectivity index (χ1) is 14.8. The molecule has 1 amide bonds. The van der Waals surface area contributed by atoms with Crippen LogP contribution in [0.15, 0.2) is 54.6 Å². The summed E-state index contributed by atoms with van der Waals surface area (Å²) >= 11 is 0. The van der Waals surface area contributed by atoms with Crippen molar-refractivity contribution in [3.63, 3.8) is 0 Å². The number of rotatable bonds is 9. The molecule has 2 aromatic carbocycles. The van der Waals surface area contributed by atoms with Gasteiger partial charge < -0.3 is 14.4 Å². The third-order valence-electron chi connectivity index (χ3n) is 6.45. The van der Waals surface area contributed by atoms with E-state index in [0.29, 0.717) is 13.0 Å². The summed E-state index contributed by atoms with van der Waals surface area (Å²) in [7, 11) is 1.67. The first-order valence-electron chi connectivity index (χ1n) is 11.4. The summed E-state index contributed by atoms with van der Waals surface area (Å²) in [5.41, 5.74) is 2.49. The summed E-state index contributed by atoms with van der Waals surface area (Å²) in [6, 6.07) is 18.8. The van der Waals surface area contributed by atoms with Gasteiger partial charge in [-0.3, -0.25) is 4.79 Å². The molecular weight excluding hydrogens is 386 g/mol. The Bertz CT molecular complexity index is 831. The van der Waals surface area contributed by atoms with Gasteiger partial charge in [-0.15, -0.1) is 0 Å². The summed E-state index contributed by atoms with van der Waals surface area (Å²) in [6.07, 6.45) is 4.57. The van der Waals surface area contributed by atoms with E-state index < -0.39 is 0 Å². The van der Waals surface area contributed by atoms with Crippen LogP contribution in [0.4, 0.5) is 0 Å². The molecule has 0 aliphatic carbocycles. The Morgan fingerprint density at radius 3 is 2.39 bits per heavy atom. The molecule has 1 heterocycles. The zero-order valence-corrected chi connectivity index (χ0v) is 19.5. The number of methoxy groups -OCH3 is 1. The number of hydrogen-bond donors (Lipinski definition) is 0. The molecule has 0 aromatic heterocycles. The number of nitrogens with zero attached hydrogens (tertiary/aromatic N) is 1. The van der Waals surface area contributed by atoms with Gasteiger partial charge in [0.15, 0.2) is 0 Å². The molecule has 0 saturated carbocycles. The summed E-state index contributed by atoms with van der Waals surface area (Å²) in [5.74, 6) is 1.04. The first kappa shape index (κ1) is 23.3. The molecule has 4 heteroatoms. The number of amides is 1. The molecule has 0 bridgehead atoms. The highest BCUT2D eigenvalue weighted by Gasteiger charge is 2.41. The van der Waals surface area contributed by atoms with Gasteiger partial charge in [-0.1, -0.05) is 49.4 Å². The van der Waals surface area contributed by atoms with Crippen molar-refractivity contribution in [1.29, 1.82) is 0 Å². The lowest BCUT2D eigenvalue weighted by molar-refractivity contribution is -0.133. The first-order valence-corrected chi connectivity index (χ1v) is 11.4. The Balaban J connectivity index is 1.76. The fourth-order valence-corrected chi connectivity index (χ4v) is 4.91. The maximum Gasteiger partial charge on any atom is 0.222 e. The lowest BCUT2D eigenvalue weighted by Gasteiger charge is -2.46. The zero-order chi connectivity index (χ0) is 22.3. The molecule has 0 unspecified atom stereocenters. The minimum Gasteiger partial charge on any atom is -0.497 e. The lowest BCUT2D eigenvalue weighted by atomic mass is 9.68. The van der Waals surface area contributed by atoms with Crippen LogP contribution in [0.2, 0.25) is 0 Å². The van der Waals surface area contributed by atoms with Crippen LogP contribution in [0.25, 0.3) is 0 Å². The van der Waals surface area contributed by atoms with Gasteiger partial charge in [0.05, 0.1) is 12.7 Å². The third kappa shape index (κ3) is 6.57. The van der Waals surface area contributed by atoms with Crippen molar-refractivity contribution in [2.24, 2.45) is 5.41 Å². The van der Waals surface area contributed by atoms with Gasteiger partial charge in [0.25, 0.3) is 0 Å². The van der Waals surface area contributed by atoms with Crippen molar-refractivity contribution in [1.82, 2.24) is 4.90 Å². The molecule has 0 spiro atoms. The van der Waals surface area contributed by atoms with Crippen molar-refractivity contribution in [2.45, 2.75) is 65.0 Å². The van der Waals surface area contributed by atoms with Gasteiger partial charge in [-0.2, -0.15) is 0 Å². The highest BCUT2D eigenvalue weighted by molar-refractivity contribution is 5.75. The molecule has 1 atom stereocenters. The van der Waals surface area contributed by atoms with Crippen LogP contribution < -0.4 is 4.74 Å². The van der Waals surface area contributed by atoms with Crippen LogP contribution >= 0.6 is 0 Å². The average molecular weight is 424 g/mol. The van der Waals surface area contributed by atoms with E-state index in [1.165, 1.54) is 5.56 Å². The fraction of sp³-hybridized carbons (Fsp3) is 0.519. The maximum absolute atomic E-state index is 12.8. The van der Waals surface area contributed by atoms with Crippen molar-refractivity contribution in [3.05, 3.63) is 65.7 Å². The molecule has 1 saturated heterocycles. The second-order valence-corrected chi connectivity index (χ2v) is 9.46. The van der Waals surface area contributed by atoms with Gasteiger partial charge in [0.2, 0.25) is 5.91 Å².